The number of benzene rings is 1. The predicted molar refractivity (Wildman–Crippen MR) is 125 cm³/mol. The van der Waals surface area contributed by atoms with Gasteiger partial charge in [-0.1, -0.05) is 30.0 Å². The molecule has 2 N–H and O–H groups in total. The summed E-state index contributed by atoms with van der Waals surface area (Å²) in [7, 11) is 0. The number of aliphatic hydroxyl groups is 1. The van der Waals surface area contributed by atoms with Gasteiger partial charge in [0.05, 0.1) is 12.0 Å². The SMILES string of the molecule is C=CCCc1cccc(C#C[C@@H]2[C@@H](CCCc3ccc(OC(=O)O)s3)[C@H](Cl)C[C@H]2O)c1. The fraction of sp³-hybridized carbons (Fsp3) is 0.400. The summed E-state index contributed by atoms with van der Waals surface area (Å²) >= 11 is 7.90. The molecule has 1 aliphatic rings. The molecule has 0 saturated heterocycles. The van der Waals surface area contributed by atoms with E-state index in [2.05, 4.69) is 35.3 Å². The molecule has 1 aromatic heterocycles. The Balaban J connectivity index is 1.60. The highest BCUT2D eigenvalue weighted by Crippen LogP contribution is 2.39. The summed E-state index contributed by atoms with van der Waals surface area (Å²) in [6.07, 6.45) is 5.10. The second-order valence-corrected chi connectivity index (χ2v) is 9.48. The molecular weight excluding hydrogens is 432 g/mol. The van der Waals surface area contributed by atoms with Crippen LogP contribution in [0.2, 0.25) is 0 Å². The van der Waals surface area contributed by atoms with E-state index < -0.39 is 12.3 Å². The van der Waals surface area contributed by atoms with E-state index in [1.54, 1.807) is 6.07 Å². The number of aryl methyl sites for hydroxylation is 2. The van der Waals surface area contributed by atoms with Gasteiger partial charge in [-0.15, -0.1) is 29.5 Å². The third-order valence-corrected chi connectivity index (χ3v) is 7.06. The van der Waals surface area contributed by atoms with E-state index in [-0.39, 0.29) is 17.2 Å². The summed E-state index contributed by atoms with van der Waals surface area (Å²) < 4.78 is 4.68. The quantitative estimate of drug-likeness (QED) is 0.223. The summed E-state index contributed by atoms with van der Waals surface area (Å²) in [6, 6.07) is 11.8. The van der Waals surface area contributed by atoms with E-state index in [1.165, 1.54) is 16.9 Å². The van der Waals surface area contributed by atoms with E-state index >= 15 is 0 Å². The first kappa shape index (κ1) is 23.4. The molecule has 1 saturated carbocycles. The molecule has 0 amide bonds. The molecule has 6 heteroatoms. The van der Waals surface area contributed by atoms with Crippen molar-refractivity contribution in [3.8, 4) is 16.9 Å². The largest absolute Gasteiger partial charge is 0.512 e. The van der Waals surface area contributed by atoms with Crippen molar-refractivity contribution < 1.29 is 19.7 Å². The van der Waals surface area contributed by atoms with Crippen LogP contribution in [0.1, 0.15) is 41.7 Å². The monoisotopic (exact) mass is 458 g/mol. The van der Waals surface area contributed by atoms with Crippen LogP contribution >= 0.6 is 22.9 Å². The zero-order valence-corrected chi connectivity index (χ0v) is 18.9. The number of thiophene rings is 1. The average molecular weight is 459 g/mol. The maximum absolute atomic E-state index is 10.6. The lowest BCUT2D eigenvalue weighted by Crippen LogP contribution is -2.19. The van der Waals surface area contributed by atoms with Crippen LogP contribution in [0.3, 0.4) is 0 Å². The van der Waals surface area contributed by atoms with Gasteiger partial charge in [0.2, 0.25) is 0 Å². The first-order chi connectivity index (χ1) is 15.0. The second-order valence-electron chi connectivity index (χ2n) is 7.79. The van der Waals surface area contributed by atoms with E-state index in [9.17, 15) is 9.90 Å². The predicted octanol–water partition coefficient (Wildman–Crippen LogP) is 5.90. The highest BCUT2D eigenvalue weighted by Gasteiger charge is 2.40. The highest BCUT2D eigenvalue weighted by molar-refractivity contribution is 7.13. The van der Waals surface area contributed by atoms with Crippen molar-refractivity contribution in [2.24, 2.45) is 11.8 Å². The van der Waals surface area contributed by atoms with Crippen LogP contribution in [0.4, 0.5) is 4.79 Å². The maximum Gasteiger partial charge on any atom is 0.512 e. The summed E-state index contributed by atoms with van der Waals surface area (Å²) in [5.74, 6) is 6.53. The topological polar surface area (TPSA) is 66.8 Å². The third kappa shape index (κ3) is 6.87. The summed E-state index contributed by atoms with van der Waals surface area (Å²) in [4.78, 5) is 11.7. The van der Waals surface area contributed by atoms with Gasteiger partial charge in [-0.25, -0.2) is 4.79 Å². The molecule has 1 fully saturated rings. The average Bonchev–Trinajstić information content (AvgIpc) is 3.28. The van der Waals surface area contributed by atoms with E-state index in [0.29, 0.717) is 11.5 Å². The zero-order chi connectivity index (χ0) is 22.2. The molecule has 0 spiro atoms. The minimum atomic E-state index is -1.30. The molecular formula is C25H27ClO4S. The molecule has 0 unspecified atom stereocenters. The molecule has 1 aliphatic carbocycles. The van der Waals surface area contributed by atoms with Crippen molar-refractivity contribution in [2.45, 2.75) is 50.0 Å². The van der Waals surface area contributed by atoms with Gasteiger partial charge in [0.1, 0.15) is 0 Å². The maximum atomic E-state index is 10.6. The van der Waals surface area contributed by atoms with Gasteiger partial charge in [0.25, 0.3) is 0 Å². The number of ether oxygens (including phenoxy) is 1. The normalized spacial score (nSPS) is 22.5. The minimum Gasteiger partial charge on any atom is -0.449 e. The summed E-state index contributed by atoms with van der Waals surface area (Å²) in [5, 5.41) is 19.5. The van der Waals surface area contributed by atoms with Crippen molar-refractivity contribution in [3.05, 3.63) is 65.1 Å². The second kappa shape index (κ2) is 11.4. The Hall–Kier alpha value is -2.26. The van der Waals surface area contributed by atoms with Crippen LogP contribution in [-0.2, 0) is 12.8 Å². The smallest absolute Gasteiger partial charge is 0.449 e. The number of alkyl halides is 1. The lowest BCUT2D eigenvalue weighted by molar-refractivity contribution is 0.144. The highest BCUT2D eigenvalue weighted by atomic mass is 35.5. The first-order valence-corrected chi connectivity index (χ1v) is 11.7. The van der Waals surface area contributed by atoms with E-state index in [0.717, 1.165) is 42.5 Å². The number of allylic oxidation sites excluding steroid dienone is 1. The van der Waals surface area contributed by atoms with Gasteiger partial charge in [-0.3, -0.25) is 0 Å². The minimum absolute atomic E-state index is 0.0949. The molecule has 31 heavy (non-hydrogen) atoms. The molecule has 164 valence electrons. The number of rotatable bonds is 8. The van der Waals surface area contributed by atoms with Gasteiger partial charge in [0.15, 0.2) is 5.06 Å². The van der Waals surface area contributed by atoms with Gasteiger partial charge < -0.3 is 14.9 Å². The van der Waals surface area contributed by atoms with E-state index in [1.807, 2.05) is 24.3 Å². The number of hydrogen-bond acceptors (Lipinski definition) is 4. The molecule has 0 radical (unpaired) electrons. The lowest BCUT2D eigenvalue weighted by Gasteiger charge is -2.18. The molecule has 4 nitrogen and oxygen atoms in total. The zero-order valence-electron chi connectivity index (χ0n) is 17.3. The number of halogens is 1. The third-order valence-electron chi connectivity index (χ3n) is 5.54. The van der Waals surface area contributed by atoms with Crippen molar-refractivity contribution in [3.63, 3.8) is 0 Å². The Labute approximate surface area is 192 Å². The van der Waals surface area contributed by atoms with Crippen molar-refractivity contribution >= 4 is 29.1 Å². The van der Waals surface area contributed by atoms with Crippen molar-refractivity contribution in [2.75, 3.05) is 0 Å². The molecule has 4 atom stereocenters. The van der Waals surface area contributed by atoms with Gasteiger partial charge in [-0.05, 0) is 74.3 Å². The van der Waals surface area contributed by atoms with Crippen LogP contribution in [0.25, 0.3) is 0 Å². The Kier molecular flexibility index (Phi) is 8.60. The first-order valence-electron chi connectivity index (χ1n) is 10.5. The van der Waals surface area contributed by atoms with Gasteiger partial charge >= 0.3 is 6.16 Å². The van der Waals surface area contributed by atoms with Crippen molar-refractivity contribution in [1.29, 1.82) is 0 Å². The number of hydrogen-bond donors (Lipinski definition) is 2. The van der Waals surface area contributed by atoms with Crippen LogP contribution in [0.15, 0.2) is 49.1 Å². The fourth-order valence-electron chi connectivity index (χ4n) is 4.01. The number of carboxylic acid groups (broad SMARTS) is 1. The summed E-state index contributed by atoms with van der Waals surface area (Å²) in [5.41, 5.74) is 2.18. The molecule has 1 heterocycles. The van der Waals surface area contributed by atoms with Crippen LogP contribution < -0.4 is 4.74 Å². The fourth-order valence-corrected chi connectivity index (χ4v) is 5.37. The van der Waals surface area contributed by atoms with Crippen LogP contribution in [0.5, 0.6) is 5.06 Å². The number of aliphatic hydroxyl groups excluding tert-OH is 1. The van der Waals surface area contributed by atoms with Crippen LogP contribution in [-0.4, -0.2) is 27.8 Å². The van der Waals surface area contributed by atoms with Crippen LogP contribution in [0, 0.1) is 23.7 Å². The van der Waals surface area contributed by atoms with Gasteiger partial charge in [0, 0.05) is 15.8 Å². The molecule has 3 rings (SSSR count). The van der Waals surface area contributed by atoms with Crippen molar-refractivity contribution in [1.82, 2.24) is 0 Å². The Morgan fingerprint density at radius 3 is 2.94 bits per heavy atom. The Morgan fingerprint density at radius 1 is 1.32 bits per heavy atom. The molecule has 2 aromatic rings. The Morgan fingerprint density at radius 2 is 2.16 bits per heavy atom. The Bertz CT molecular complexity index is 958. The standard InChI is InChI=1S/C25H27ClO4S/c1-2-3-6-17-7-4-8-18(15-17)11-13-21-20(22(26)16-23(21)27)10-5-9-19-12-14-24(31-19)30-25(28)29/h2,4,7-8,12,14-15,20-23,27H,1,3,5-6,9-10,16H2,(H,28,29)/t20-,21-,22-,23-/m1/s1. The summed E-state index contributed by atoms with van der Waals surface area (Å²) in [6.45, 7) is 3.77. The lowest BCUT2D eigenvalue weighted by atomic mass is 9.90. The molecule has 0 aliphatic heterocycles. The molecule has 0 bridgehead atoms. The van der Waals surface area contributed by atoms with Gasteiger partial charge in [-0.2, -0.15) is 0 Å². The molecule has 1 aromatic carbocycles. The number of carbonyl (C=O) groups is 1. The van der Waals surface area contributed by atoms with E-state index in [4.69, 9.17) is 16.7 Å².